The number of nitrogens with zero attached hydrogens (tertiary/aromatic N) is 1. The first-order valence-corrected chi connectivity index (χ1v) is 7.28. The highest BCUT2D eigenvalue weighted by molar-refractivity contribution is 7.14. The Kier molecular flexibility index (Phi) is 4.25. The average molecular weight is 283 g/mol. The van der Waals surface area contributed by atoms with E-state index in [-0.39, 0.29) is 5.91 Å². The van der Waals surface area contributed by atoms with Gasteiger partial charge in [0, 0.05) is 18.0 Å². The van der Waals surface area contributed by atoms with Crippen LogP contribution in [0.4, 0.5) is 0 Å². The average Bonchev–Trinajstić information content (AvgIpc) is 2.69. The Morgan fingerprint density at radius 1 is 1.68 bits per heavy atom. The predicted octanol–water partition coefficient (Wildman–Crippen LogP) is 1.01. The molecule has 1 aromatic heterocycles. The lowest BCUT2D eigenvalue weighted by molar-refractivity contribution is -0.0181. The zero-order chi connectivity index (χ0) is 14.0. The van der Waals surface area contributed by atoms with Crippen molar-refractivity contribution in [2.75, 3.05) is 13.1 Å². The molecule has 1 aromatic rings. The van der Waals surface area contributed by atoms with Gasteiger partial charge in [0.05, 0.1) is 10.5 Å². The van der Waals surface area contributed by atoms with Gasteiger partial charge in [-0.3, -0.25) is 15.1 Å². The number of β-amino-alcohol motifs (C(OH)–C–C–N with tert-alkyl or cyclic N) is 1. The highest BCUT2D eigenvalue weighted by Crippen LogP contribution is 2.26. The summed E-state index contributed by atoms with van der Waals surface area (Å²) >= 11 is 1.45. The van der Waals surface area contributed by atoms with E-state index >= 15 is 0 Å². The molecule has 1 aliphatic rings. The second kappa shape index (κ2) is 5.58. The van der Waals surface area contributed by atoms with Crippen LogP contribution in [0.5, 0.6) is 0 Å². The maximum absolute atomic E-state index is 11.5. The van der Waals surface area contributed by atoms with Crippen molar-refractivity contribution >= 4 is 17.2 Å². The Bertz CT molecular complexity index is 470. The number of aliphatic hydroxyl groups is 1. The molecule has 1 saturated heterocycles. The normalized spacial score (nSPS) is 24.4. The summed E-state index contributed by atoms with van der Waals surface area (Å²) in [6.07, 6.45) is 1.86. The van der Waals surface area contributed by atoms with Crippen LogP contribution in [0.15, 0.2) is 6.07 Å². The largest absolute Gasteiger partial charge is 0.389 e. The summed E-state index contributed by atoms with van der Waals surface area (Å²) in [5, 5.41) is 10.1. The summed E-state index contributed by atoms with van der Waals surface area (Å²) in [6.45, 7) is 6.34. The quantitative estimate of drug-likeness (QED) is 0.439. The zero-order valence-corrected chi connectivity index (χ0v) is 12.2. The first-order valence-electron chi connectivity index (χ1n) is 6.46. The minimum Gasteiger partial charge on any atom is -0.389 e. The summed E-state index contributed by atoms with van der Waals surface area (Å²) in [4.78, 5) is 15.5. The number of piperidine rings is 1. The number of likely N-dealkylation sites (tertiary alicyclic amines) is 1. The molecule has 19 heavy (non-hydrogen) atoms. The van der Waals surface area contributed by atoms with Gasteiger partial charge in [-0.05, 0) is 44.9 Å². The zero-order valence-electron chi connectivity index (χ0n) is 11.4. The molecule has 1 amide bonds. The Morgan fingerprint density at radius 2 is 2.42 bits per heavy atom. The molecule has 6 heteroatoms. The highest BCUT2D eigenvalue weighted by atomic mass is 32.1. The van der Waals surface area contributed by atoms with Gasteiger partial charge in [-0.25, -0.2) is 5.84 Å². The Balaban J connectivity index is 2.07. The second-order valence-electron chi connectivity index (χ2n) is 5.48. The third kappa shape index (κ3) is 3.54. The van der Waals surface area contributed by atoms with Gasteiger partial charge >= 0.3 is 0 Å². The van der Waals surface area contributed by atoms with Crippen molar-refractivity contribution in [1.82, 2.24) is 10.3 Å². The van der Waals surface area contributed by atoms with Crippen LogP contribution in [-0.4, -0.2) is 34.6 Å². The van der Waals surface area contributed by atoms with Crippen molar-refractivity contribution in [3.8, 4) is 0 Å². The Hall–Kier alpha value is -0.950. The van der Waals surface area contributed by atoms with Crippen molar-refractivity contribution in [2.24, 2.45) is 5.84 Å². The number of aryl methyl sites for hydroxylation is 1. The fourth-order valence-electron chi connectivity index (χ4n) is 2.56. The molecule has 1 fully saturated rings. The summed E-state index contributed by atoms with van der Waals surface area (Å²) < 4.78 is 0. The van der Waals surface area contributed by atoms with E-state index in [9.17, 15) is 9.90 Å². The number of hydrogen-bond donors (Lipinski definition) is 3. The lowest BCUT2D eigenvalue weighted by Gasteiger charge is -2.36. The van der Waals surface area contributed by atoms with Gasteiger partial charge in [-0.2, -0.15) is 0 Å². The van der Waals surface area contributed by atoms with E-state index < -0.39 is 5.60 Å². The van der Waals surface area contributed by atoms with Crippen LogP contribution < -0.4 is 11.3 Å². The molecule has 2 heterocycles. The summed E-state index contributed by atoms with van der Waals surface area (Å²) in [5.74, 6) is 4.90. The molecular weight excluding hydrogens is 262 g/mol. The SMILES string of the molecule is Cc1sc(C(=O)NN)cc1CN1CCCC(C)(O)C1. The molecule has 0 saturated carbocycles. The van der Waals surface area contributed by atoms with Crippen LogP contribution in [-0.2, 0) is 6.54 Å². The van der Waals surface area contributed by atoms with Crippen LogP contribution in [0.1, 0.15) is 39.9 Å². The number of rotatable bonds is 3. The molecule has 106 valence electrons. The van der Waals surface area contributed by atoms with Gasteiger partial charge in [0.15, 0.2) is 0 Å². The highest BCUT2D eigenvalue weighted by Gasteiger charge is 2.28. The van der Waals surface area contributed by atoms with Crippen molar-refractivity contribution in [2.45, 2.75) is 38.8 Å². The Labute approximate surface area is 117 Å². The number of hydrogen-bond acceptors (Lipinski definition) is 5. The third-order valence-corrected chi connectivity index (χ3v) is 4.61. The molecule has 4 N–H and O–H groups in total. The first-order chi connectivity index (χ1) is 8.91. The topological polar surface area (TPSA) is 78.6 Å². The first kappa shape index (κ1) is 14.5. The monoisotopic (exact) mass is 283 g/mol. The van der Waals surface area contributed by atoms with E-state index in [1.54, 1.807) is 0 Å². The number of nitrogens with two attached hydrogens (primary N) is 1. The summed E-state index contributed by atoms with van der Waals surface area (Å²) in [5.41, 5.74) is 2.70. The van der Waals surface area contributed by atoms with E-state index in [0.717, 1.165) is 36.4 Å². The van der Waals surface area contributed by atoms with Gasteiger partial charge < -0.3 is 5.11 Å². The second-order valence-corrected chi connectivity index (χ2v) is 6.73. The number of nitrogens with one attached hydrogen (secondary N) is 1. The minimum atomic E-state index is -0.598. The van der Waals surface area contributed by atoms with Gasteiger partial charge in [0.1, 0.15) is 0 Å². The van der Waals surface area contributed by atoms with Crippen molar-refractivity contribution in [3.63, 3.8) is 0 Å². The molecule has 0 aliphatic carbocycles. The van der Waals surface area contributed by atoms with Gasteiger partial charge in [-0.15, -0.1) is 11.3 Å². The molecule has 0 spiro atoms. The van der Waals surface area contributed by atoms with Crippen LogP contribution in [0, 0.1) is 6.92 Å². The van der Waals surface area contributed by atoms with Crippen molar-refractivity contribution < 1.29 is 9.90 Å². The number of amides is 1. The van der Waals surface area contributed by atoms with Crippen LogP contribution in [0.2, 0.25) is 0 Å². The number of thiophene rings is 1. The maximum Gasteiger partial charge on any atom is 0.275 e. The van der Waals surface area contributed by atoms with Crippen LogP contribution >= 0.6 is 11.3 Å². The number of nitrogen functional groups attached to an aromatic ring is 1. The number of carbonyl (C=O) groups is 1. The molecule has 0 radical (unpaired) electrons. The maximum atomic E-state index is 11.5. The van der Waals surface area contributed by atoms with E-state index in [4.69, 9.17) is 5.84 Å². The van der Waals surface area contributed by atoms with E-state index in [0.29, 0.717) is 11.4 Å². The summed E-state index contributed by atoms with van der Waals surface area (Å²) in [6, 6.07) is 1.89. The third-order valence-electron chi connectivity index (χ3n) is 3.52. The number of hydrazine groups is 1. The molecule has 0 bridgehead atoms. The lowest BCUT2D eigenvalue weighted by atomic mass is 9.95. The van der Waals surface area contributed by atoms with Crippen molar-refractivity contribution in [3.05, 3.63) is 21.4 Å². The molecule has 5 nitrogen and oxygen atoms in total. The van der Waals surface area contributed by atoms with Crippen molar-refractivity contribution in [1.29, 1.82) is 0 Å². The molecular formula is C13H21N3O2S. The Morgan fingerprint density at radius 3 is 3.05 bits per heavy atom. The van der Waals surface area contributed by atoms with Crippen LogP contribution in [0.3, 0.4) is 0 Å². The van der Waals surface area contributed by atoms with E-state index in [2.05, 4.69) is 10.3 Å². The molecule has 2 rings (SSSR count). The fourth-order valence-corrected chi connectivity index (χ4v) is 3.50. The van der Waals surface area contributed by atoms with Crippen LogP contribution in [0.25, 0.3) is 0 Å². The molecule has 0 aromatic carbocycles. The predicted molar refractivity (Wildman–Crippen MR) is 75.8 cm³/mol. The standard InChI is InChI=1S/C13H21N3O2S/c1-9-10(6-11(19-9)12(17)15-14)7-16-5-3-4-13(2,18)8-16/h6,18H,3-5,7-8,14H2,1-2H3,(H,15,17). The van der Waals surface area contributed by atoms with E-state index in [1.165, 1.54) is 11.3 Å². The fraction of sp³-hybridized carbons (Fsp3) is 0.615. The van der Waals surface area contributed by atoms with Gasteiger partial charge in [-0.1, -0.05) is 0 Å². The molecule has 1 aliphatic heterocycles. The number of carbonyl (C=O) groups excluding carboxylic acids is 1. The minimum absolute atomic E-state index is 0.245. The lowest BCUT2D eigenvalue weighted by Crippen LogP contribution is -2.45. The van der Waals surface area contributed by atoms with Gasteiger partial charge in [0.2, 0.25) is 0 Å². The molecule has 1 atom stereocenters. The summed E-state index contributed by atoms with van der Waals surface area (Å²) in [7, 11) is 0. The van der Waals surface area contributed by atoms with Gasteiger partial charge in [0.25, 0.3) is 5.91 Å². The smallest absolute Gasteiger partial charge is 0.275 e. The van der Waals surface area contributed by atoms with E-state index in [1.807, 2.05) is 19.9 Å². The molecule has 1 unspecified atom stereocenters.